The molecule has 6 heteroatoms. The number of hydrogen-bond donors (Lipinski definition) is 2. The van der Waals surface area contributed by atoms with Crippen molar-refractivity contribution in [3.05, 3.63) is 30.3 Å². The van der Waals surface area contributed by atoms with Crippen molar-refractivity contribution in [3.8, 4) is 0 Å². The lowest BCUT2D eigenvalue weighted by Gasteiger charge is -2.11. The number of carbonyl (C=O) groups is 1. The van der Waals surface area contributed by atoms with Crippen molar-refractivity contribution in [2.45, 2.75) is 30.2 Å². The maximum Gasteiger partial charge on any atom is 0.264 e. The van der Waals surface area contributed by atoms with Crippen LogP contribution in [0.1, 0.15) is 19.3 Å². The maximum atomic E-state index is 11.9. The van der Waals surface area contributed by atoms with Crippen LogP contribution in [0.25, 0.3) is 0 Å². The average Bonchev–Trinajstić information content (AvgIpc) is 2.77. The second kappa shape index (κ2) is 5.07. The minimum Gasteiger partial charge on any atom is -0.328 e. The van der Waals surface area contributed by atoms with Gasteiger partial charge in [-0.05, 0) is 31.4 Å². The van der Waals surface area contributed by atoms with E-state index >= 15 is 0 Å². The van der Waals surface area contributed by atoms with Gasteiger partial charge in [0.2, 0.25) is 5.91 Å². The topological polar surface area (TPSA) is 89.3 Å². The molecule has 1 fully saturated rings. The van der Waals surface area contributed by atoms with Gasteiger partial charge in [0.1, 0.15) is 0 Å². The van der Waals surface area contributed by atoms with Gasteiger partial charge in [0.05, 0.1) is 4.90 Å². The fourth-order valence-electron chi connectivity index (χ4n) is 2.13. The Morgan fingerprint density at radius 3 is 2.44 bits per heavy atom. The first-order valence-corrected chi connectivity index (χ1v) is 7.34. The zero-order valence-corrected chi connectivity index (χ0v) is 10.7. The lowest BCUT2D eigenvalue weighted by atomic mass is 10.1. The van der Waals surface area contributed by atoms with Crippen LogP contribution in [0.15, 0.2) is 35.2 Å². The smallest absolute Gasteiger partial charge is 0.264 e. The van der Waals surface area contributed by atoms with E-state index < -0.39 is 15.9 Å². The molecule has 0 bridgehead atoms. The zero-order chi connectivity index (χ0) is 13.2. The molecule has 0 spiro atoms. The van der Waals surface area contributed by atoms with E-state index in [2.05, 4.69) is 4.72 Å². The van der Waals surface area contributed by atoms with E-state index in [4.69, 9.17) is 5.73 Å². The van der Waals surface area contributed by atoms with Crippen molar-refractivity contribution in [2.24, 2.45) is 11.7 Å². The van der Waals surface area contributed by atoms with Crippen LogP contribution in [0, 0.1) is 5.92 Å². The summed E-state index contributed by atoms with van der Waals surface area (Å²) in [6.45, 7) is 0. The van der Waals surface area contributed by atoms with Gasteiger partial charge >= 0.3 is 0 Å². The summed E-state index contributed by atoms with van der Waals surface area (Å²) in [4.78, 5) is 11.9. The Morgan fingerprint density at radius 2 is 1.89 bits per heavy atom. The number of amides is 1. The van der Waals surface area contributed by atoms with E-state index in [-0.39, 0.29) is 16.9 Å². The molecule has 18 heavy (non-hydrogen) atoms. The van der Waals surface area contributed by atoms with Crippen molar-refractivity contribution in [2.75, 3.05) is 0 Å². The van der Waals surface area contributed by atoms with Gasteiger partial charge in [-0.1, -0.05) is 18.2 Å². The van der Waals surface area contributed by atoms with E-state index in [9.17, 15) is 13.2 Å². The third kappa shape index (κ3) is 2.88. The van der Waals surface area contributed by atoms with Crippen LogP contribution in [0.2, 0.25) is 0 Å². The third-order valence-electron chi connectivity index (χ3n) is 3.13. The summed E-state index contributed by atoms with van der Waals surface area (Å²) in [6, 6.07) is 7.86. The van der Waals surface area contributed by atoms with E-state index in [0.717, 1.165) is 6.42 Å². The molecule has 1 aliphatic carbocycles. The van der Waals surface area contributed by atoms with Gasteiger partial charge in [0.15, 0.2) is 0 Å². The molecule has 98 valence electrons. The predicted molar refractivity (Wildman–Crippen MR) is 67.1 cm³/mol. The highest BCUT2D eigenvalue weighted by Gasteiger charge is 2.30. The number of hydrogen-bond acceptors (Lipinski definition) is 4. The lowest BCUT2D eigenvalue weighted by molar-refractivity contribution is -0.123. The highest BCUT2D eigenvalue weighted by molar-refractivity contribution is 7.90. The SMILES string of the molecule is NC1CCC(C(=O)NS(=O)(=O)c2ccccc2)C1. The Balaban J connectivity index is 2.07. The minimum atomic E-state index is -3.75. The van der Waals surface area contributed by atoms with E-state index in [1.165, 1.54) is 12.1 Å². The number of rotatable bonds is 3. The molecule has 0 heterocycles. The molecule has 0 aliphatic heterocycles. The molecule has 2 rings (SSSR count). The van der Waals surface area contributed by atoms with Crippen molar-refractivity contribution in [1.82, 2.24) is 4.72 Å². The van der Waals surface area contributed by atoms with E-state index in [1.807, 2.05) is 0 Å². The molecule has 0 radical (unpaired) electrons. The molecule has 3 N–H and O–H groups in total. The minimum absolute atomic E-state index is 0.000166. The average molecular weight is 268 g/mol. The number of carbonyl (C=O) groups excluding carboxylic acids is 1. The number of benzene rings is 1. The van der Waals surface area contributed by atoms with Gasteiger partial charge < -0.3 is 5.73 Å². The molecular formula is C12H16N2O3S. The highest BCUT2D eigenvalue weighted by Crippen LogP contribution is 2.24. The van der Waals surface area contributed by atoms with Crippen LogP contribution in [0.4, 0.5) is 0 Å². The molecule has 1 amide bonds. The summed E-state index contributed by atoms with van der Waals surface area (Å²) < 4.78 is 25.9. The van der Waals surface area contributed by atoms with E-state index in [1.54, 1.807) is 18.2 Å². The molecule has 0 aromatic heterocycles. The summed E-state index contributed by atoms with van der Waals surface area (Å²) in [5.74, 6) is -0.745. The molecular weight excluding hydrogens is 252 g/mol. The first kappa shape index (κ1) is 13.0. The monoisotopic (exact) mass is 268 g/mol. The van der Waals surface area contributed by atoms with Gasteiger partial charge in [0, 0.05) is 12.0 Å². The second-order valence-electron chi connectivity index (χ2n) is 4.55. The van der Waals surface area contributed by atoms with Gasteiger partial charge in [-0.3, -0.25) is 4.79 Å². The summed E-state index contributed by atoms with van der Waals surface area (Å²) in [5, 5.41) is 0. The molecule has 0 saturated heterocycles. The Bertz CT molecular complexity index is 528. The fourth-order valence-corrected chi connectivity index (χ4v) is 3.19. The number of nitrogens with one attached hydrogen (secondary N) is 1. The molecule has 2 atom stereocenters. The number of nitrogens with two attached hydrogens (primary N) is 1. The van der Waals surface area contributed by atoms with Crippen molar-refractivity contribution < 1.29 is 13.2 Å². The van der Waals surface area contributed by atoms with E-state index in [0.29, 0.717) is 12.8 Å². The normalized spacial score (nSPS) is 23.8. The Morgan fingerprint density at radius 1 is 1.22 bits per heavy atom. The van der Waals surface area contributed by atoms with Gasteiger partial charge in [-0.15, -0.1) is 0 Å². The highest BCUT2D eigenvalue weighted by atomic mass is 32.2. The molecule has 1 aliphatic rings. The van der Waals surface area contributed by atoms with Crippen LogP contribution < -0.4 is 10.5 Å². The van der Waals surface area contributed by atoms with Crippen molar-refractivity contribution in [1.29, 1.82) is 0 Å². The predicted octanol–water partition coefficient (Wildman–Crippen LogP) is 0.619. The summed E-state index contributed by atoms with van der Waals surface area (Å²) in [5.41, 5.74) is 5.71. The Labute approximate surface area is 106 Å². The standard InChI is InChI=1S/C12H16N2O3S/c13-10-7-6-9(8-10)12(15)14-18(16,17)11-4-2-1-3-5-11/h1-5,9-10H,6-8,13H2,(H,14,15). The summed E-state index contributed by atoms with van der Waals surface area (Å²) in [6.07, 6.45) is 1.97. The fraction of sp³-hybridized carbons (Fsp3) is 0.417. The van der Waals surface area contributed by atoms with Crippen LogP contribution in [0.3, 0.4) is 0 Å². The first-order chi connectivity index (χ1) is 8.49. The first-order valence-electron chi connectivity index (χ1n) is 5.86. The van der Waals surface area contributed by atoms with Gasteiger partial charge in [-0.2, -0.15) is 0 Å². The van der Waals surface area contributed by atoms with Crippen LogP contribution in [0.5, 0.6) is 0 Å². The van der Waals surface area contributed by atoms with Gasteiger partial charge in [-0.25, -0.2) is 13.1 Å². The molecule has 1 aromatic carbocycles. The lowest BCUT2D eigenvalue weighted by Crippen LogP contribution is -2.35. The number of sulfonamides is 1. The molecule has 1 saturated carbocycles. The Kier molecular flexibility index (Phi) is 3.68. The largest absolute Gasteiger partial charge is 0.328 e. The van der Waals surface area contributed by atoms with Crippen molar-refractivity contribution in [3.63, 3.8) is 0 Å². The molecule has 5 nitrogen and oxygen atoms in total. The van der Waals surface area contributed by atoms with Crippen LogP contribution >= 0.6 is 0 Å². The third-order valence-corrected chi connectivity index (χ3v) is 4.50. The molecule has 2 unspecified atom stereocenters. The van der Waals surface area contributed by atoms with Crippen LogP contribution in [-0.4, -0.2) is 20.4 Å². The van der Waals surface area contributed by atoms with Crippen LogP contribution in [-0.2, 0) is 14.8 Å². The maximum absolute atomic E-state index is 11.9. The quantitative estimate of drug-likeness (QED) is 0.841. The Hall–Kier alpha value is -1.40. The van der Waals surface area contributed by atoms with Gasteiger partial charge in [0.25, 0.3) is 10.0 Å². The molecule has 1 aromatic rings. The summed E-state index contributed by atoms with van der Waals surface area (Å²) >= 11 is 0. The summed E-state index contributed by atoms with van der Waals surface area (Å²) in [7, 11) is -3.75. The second-order valence-corrected chi connectivity index (χ2v) is 6.24. The zero-order valence-electron chi connectivity index (χ0n) is 9.87. The van der Waals surface area contributed by atoms with Crippen molar-refractivity contribution >= 4 is 15.9 Å².